The maximum Gasteiger partial charge on any atom is 0.135 e. The first-order valence-electron chi connectivity index (χ1n) is 10.9. The number of benzene rings is 1. The van der Waals surface area contributed by atoms with E-state index in [0.29, 0.717) is 29.3 Å². The Kier molecular flexibility index (Phi) is 6.80. The topological polar surface area (TPSA) is 136 Å². The van der Waals surface area contributed by atoms with Gasteiger partial charge in [0.1, 0.15) is 23.5 Å². The van der Waals surface area contributed by atoms with E-state index in [0.717, 1.165) is 19.4 Å². The van der Waals surface area contributed by atoms with E-state index in [4.69, 9.17) is 11.1 Å². The molecule has 172 valence electrons. The van der Waals surface area contributed by atoms with E-state index in [1.165, 1.54) is 18.3 Å². The quantitative estimate of drug-likeness (QED) is 0.342. The Labute approximate surface area is 197 Å². The van der Waals surface area contributed by atoms with Gasteiger partial charge in [0.25, 0.3) is 0 Å². The molecule has 6 N–H and O–H groups in total. The largest absolute Gasteiger partial charge is 0.383 e. The summed E-state index contributed by atoms with van der Waals surface area (Å²) in [5.74, 6) is 0.0308. The fourth-order valence-electron chi connectivity index (χ4n) is 3.90. The number of nitrogens with two attached hydrogens (primary N) is 1. The highest BCUT2D eigenvalue weighted by Crippen LogP contribution is 2.30. The number of nitriles is 1. The third-order valence-corrected chi connectivity index (χ3v) is 5.65. The normalized spacial score (nSPS) is 15.2. The Hall–Kier alpha value is -4.29. The summed E-state index contributed by atoms with van der Waals surface area (Å²) in [6.07, 6.45) is 4.90. The number of piperidine rings is 1. The molecule has 1 saturated heterocycles. The molecule has 1 unspecified atom stereocenters. The minimum atomic E-state index is -0.612. The fourth-order valence-corrected chi connectivity index (χ4v) is 3.90. The number of rotatable bonds is 7. The van der Waals surface area contributed by atoms with Crippen molar-refractivity contribution < 1.29 is 4.39 Å². The van der Waals surface area contributed by atoms with Crippen LogP contribution in [0.2, 0.25) is 0 Å². The molecule has 3 heterocycles. The molecule has 3 aromatic rings. The average molecular weight is 457 g/mol. The van der Waals surface area contributed by atoms with Crippen LogP contribution < -0.4 is 21.7 Å². The maximum absolute atomic E-state index is 15.2. The van der Waals surface area contributed by atoms with Crippen LogP contribution in [0, 0.1) is 22.6 Å². The van der Waals surface area contributed by atoms with Crippen molar-refractivity contribution in [2.75, 3.05) is 29.5 Å². The maximum atomic E-state index is 15.2. The van der Waals surface area contributed by atoms with E-state index >= 15 is 4.39 Å². The van der Waals surface area contributed by atoms with Crippen molar-refractivity contribution in [1.29, 1.82) is 10.7 Å². The van der Waals surface area contributed by atoms with Crippen molar-refractivity contribution in [3.8, 4) is 6.07 Å². The fraction of sp³-hybridized carbons (Fsp3) is 0.200. The highest BCUT2D eigenvalue weighted by molar-refractivity contribution is 6.17. The molecular weight excluding hydrogens is 431 g/mol. The summed E-state index contributed by atoms with van der Waals surface area (Å²) < 4.78 is 15.2. The van der Waals surface area contributed by atoms with Crippen molar-refractivity contribution in [2.45, 2.75) is 18.9 Å². The summed E-state index contributed by atoms with van der Waals surface area (Å²) in [5, 5.41) is 28.1. The second-order valence-corrected chi connectivity index (χ2v) is 7.99. The number of aromatic nitrogens is 2. The lowest BCUT2D eigenvalue weighted by Gasteiger charge is -2.27. The smallest absolute Gasteiger partial charge is 0.135 e. The van der Waals surface area contributed by atoms with Crippen LogP contribution in [0.5, 0.6) is 0 Å². The van der Waals surface area contributed by atoms with E-state index in [9.17, 15) is 5.26 Å². The van der Waals surface area contributed by atoms with Gasteiger partial charge in [0.05, 0.1) is 22.5 Å². The molecule has 0 bridgehead atoms. The summed E-state index contributed by atoms with van der Waals surface area (Å²) >= 11 is 0. The van der Waals surface area contributed by atoms with E-state index in [2.05, 4.69) is 38.6 Å². The predicted molar refractivity (Wildman–Crippen MR) is 132 cm³/mol. The number of nitrogens with one attached hydrogen (secondary N) is 4. The molecule has 1 aromatic carbocycles. The third-order valence-electron chi connectivity index (χ3n) is 5.65. The first-order chi connectivity index (χ1) is 16.5. The number of anilines is 3. The zero-order valence-electron chi connectivity index (χ0n) is 18.5. The van der Waals surface area contributed by atoms with Crippen LogP contribution in [0.3, 0.4) is 0 Å². The Morgan fingerprint density at radius 1 is 1.29 bits per heavy atom. The molecule has 0 aliphatic carbocycles. The Balaban J connectivity index is 1.64. The van der Waals surface area contributed by atoms with E-state index in [1.807, 2.05) is 6.07 Å². The number of pyridine rings is 2. The first kappa shape index (κ1) is 22.9. The monoisotopic (exact) mass is 456 g/mol. The molecule has 0 saturated carbocycles. The van der Waals surface area contributed by atoms with Crippen LogP contribution >= 0.6 is 0 Å². The zero-order chi connectivity index (χ0) is 24.1. The molecule has 1 aliphatic rings. The standard InChI is InChI=1S/C25H25FN8/c1-15(33-21-6-2-3-10-31-21)16-7-8-19(20(26)11-16)23(28)22-24(17(12-27)13-32-25(22)29)34-18-5-4-9-30-14-18/h2-3,6-8,10-11,13,18,28,30H,1,4-5,9,14H2,(H,31,33)(H3,29,32,34). The van der Waals surface area contributed by atoms with Crippen molar-refractivity contribution in [3.63, 3.8) is 0 Å². The molecule has 0 radical (unpaired) electrons. The van der Waals surface area contributed by atoms with Gasteiger partial charge in [0.2, 0.25) is 0 Å². The predicted octanol–water partition coefficient (Wildman–Crippen LogP) is 3.73. The summed E-state index contributed by atoms with van der Waals surface area (Å²) in [6, 6.07) is 12.0. The van der Waals surface area contributed by atoms with Gasteiger partial charge in [0.15, 0.2) is 0 Å². The lowest BCUT2D eigenvalue weighted by Crippen LogP contribution is -2.39. The molecule has 0 spiro atoms. The highest BCUT2D eigenvalue weighted by Gasteiger charge is 2.24. The van der Waals surface area contributed by atoms with Crippen molar-refractivity contribution in [2.24, 2.45) is 0 Å². The second-order valence-electron chi connectivity index (χ2n) is 7.99. The molecule has 1 atom stereocenters. The number of hydrogen-bond donors (Lipinski definition) is 5. The van der Waals surface area contributed by atoms with Crippen LogP contribution in [0.4, 0.5) is 21.7 Å². The van der Waals surface area contributed by atoms with Gasteiger partial charge in [-0.25, -0.2) is 14.4 Å². The van der Waals surface area contributed by atoms with Gasteiger partial charge in [-0.05, 0) is 43.7 Å². The van der Waals surface area contributed by atoms with E-state index in [-0.39, 0.29) is 34.3 Å². The first-order valence-corrected chi connectivity index (χ1v) is 10.9. The van der Waals surface area contributed by atoms with Crippen LogP contribution in [0.15, 0.2) is 55.4 Å². The van der Waals surface area contributed by atoms with E-state index in [1.54, 1.807) is 24.4 Å². The van der Waals surface area contributed by atoms with Crippen LogP contribution in [0.25, 0.3) is 5.70 Å². The summed E-state index contributed by atoms with van der Waals surface area (Å²) in [7, 11) is 0. The van der Waals surface area contributed by atoms with Crippen molar-refractivity contribution in [3.05, 3.63) is 83.4 Å². The van der Waals surface area contributed by atoms with Crippen LogP contribution in [0.1, 0.15) is 35.1 Å². The summed E-state index contributed by atoms with van der Waals surface area (Å²) in [6.45, 7) is 5.61. The molecule has 8 nitrogen and oxygen atoms in total. The number of halogens is 1. The molecular formula is C25H25FN8. The molecule has 1 fully saturated rings. The van der Waals surface area contributed by atoms with E-state index < -0.39 is 5.82 Å². The third kappa shape index (κ3) is 4.87. The minimum Gasteiger partial charge on any atom is -0.383 e. The van der Waals surface area contributed by atoms with Crippen LogP contribution in [-0.2, 0) is 0 Å². The average Bonchev–Trinajstić information content (AvgIpc) is 2.85. The van der Waals surface area contributed by atoms with Gasteiger partial charge >= 0.3 is 0 Å². The van der Waals surface area contributed by atoms with Gasteiger partial charge < -0.3 is 21.7 Å². The Bertz CT molecular complexity index is 1260. The Morgan fingerprint density at radius 2 is 2.15 bits per heavy atom. The van der Waals surface area contributed by atoms with Crippen molar-refractivity contribution in [1.82, 2.24) is 15.3 Å². The lowest BCUT2D eigenvalue weighted by atomic mass is 9.96. The second kappa shape index (κ2) is 10.1. The molecule has 9 heteroatoms. The summed E-state index contributed by atoms with van der Waals surface area (Å²) in [4.78, 5) is 8.26. The number of nitrogen functional groups attached to an aromatic ring is 1. The molecule has 1 aliphatic heterocycles. The zero-order valence-corrected chi connectivity index (χ0v) is 18.5. The van der Waals surface area contributed by atoms with Gasteiger partial charge in [0, 0.05) is 41.8 Å². The SMILES string of the molecule is C=C(Nc1ccccn1)c1ccc(C(=N)c2c(N)ncc(C#N)c2NC2CCCNC2)c(F)c1. The molecule has 0 amide bonds. The molecule has 34 heavy (non-hydrogen) atoms. The molecule has 4 rings (SSSR count). The van der Waals surface area contributed by atoms with Gasteiger partial charge in [-0.15, -0.1) is 0 Å². The Morgan fingerprint density at radius 3 is 2.82 bits per heavy atom. The van der Waals surface area contributed by atoms with Gasteiger partial charge in [-0.2, -0.15) is 5.26 Å². The van der Waals surface area contributed by atoms with Gasteiger partial charge in [-0.3, -0.25) is 5.41 Å². The van der Waals surface area contributed by atoms with Gasteiger partial charge in [-0.1, -0.05) is 18.7 Å². The number of hydrogen-bond acceptors (Lipinski definition) is 8. The molecule has 2 aromatic heterocycles. The van der Waals surface area contributed by atoms with Crippen LogP contribution in [-0.4, -0.2) is 34.8 Å². The van der Waals surface area contributed by atoms with Crippen molar-refractivity contribution >= 4 is 28.7 Å². The minimum absolute atomic E-state index is 0.0443. The highest BCUT2D eigenvalue weighted by atomic mass is 19.1. The lowest BCUT2D eigenvalue weighted by molar-refractivity contribution is 0.480. The summed E-state index contributed by atoms with van der Waals surface area (Å²) in [5.41, 5.74) is 7.87. The number of nitrogens with zero attached hydrogens (tertiary/aromatic N) is 3.